The number of carbonyl (C=O) groups is 1. The van der Waals surface area contributed by atoms with Gasteiger partial charge in [0.15, 0.2) is 0 Å². The normalized spacial score (nSPS) is 10.1. The molecular weight excluding hydrogens is 256 g/mol. The fourth-order valence-corrected chi connectivity index (χ4v) is 1.95. The SMILES string of the molecule is COc1ccccc1Nc1cc(C)c(N)c(C(=O)O)c1. The van der Waals surface area contributed by atoms with Crippen LogP contribution in [0, 0.1) is 6.92 Å². The van der Waals surface area contributed by atoms with Crippen LogP contribution in [0.25, 0.3) is 0 Å². The van der Waals surface area contributed by atoms with Crippen molar-refractivity contribution in [1.82, 2.24) is 0 Å². The Labute approximate surface area is 117 Å². The zero-order valence-electron chi connectivity index (χ0n) is 11.3. The van der Waals surface area contributed by atoms with E-state index in [4.69, 9.17) is 15.6 Å². The van der Waals surface area contributed by atoms with Gasteiger partial charge in [-0.25, -0.2) is 4.79 Å². The number of nitrogens with one attached hydrogen (secondary N) is 1. The smallest absolute Gasteiger partial charge is 0.337 e. The van der Waals surface area contributed by atoms with Gasteiger partial charge in [0.2, 0.25) is 0 Å². The summed E-state index contributed by atoms with van der Waals surface area (Å²) < 4.78 is 5.25. The summed E-state index contributed by atoms with van der Waals surface area (Å²) in [5.41, 5.74) is 8.26. The average molecular weight is 272 g/mol. The third-order valence-corrected chi connectivity index (χ3v) is 3.00. The fraction of sp³-hybridized carbons (Fsp3) is 0.133. The highest BCUT2D eigenvalue weighted by molar-refractivity contribution is 5.96. The molecule has 104 valence electrons. The zero-order valence-corrected chi connectivity index (χ0v) is 11.3. The van der Waals surface area contributed by atoms with E-state index in [2.05, 4.69) is 5.32 Å². The molecule has 0 heterocycles. The maximum absolute atomic E-state index is 11.2. The Kier molecular flexibility index (Phi) is 3.79. The molecule has 0 unspecified atom stereocenters. The molecule has 5 heteroatoms. The largest absolute Gasteiger partial charge is 0.495 e. The molecule has 4 N–H and O–H groups in total. The summed E-state index contributed by atoms with van der Waals surface area (Å²) in [5.74, 6) is -0.367. The third kappa shape index (κ3) is 2.66. The summed E-state index contributed by atoms with van der Waals surface area (Å²) in [6, 6.07) is 10.7. The maximum Gasteiger partial charge on any atom is 0.337 e. The number of benzene rings is 2. The number of aryl methyl sites for hydroxylation is 1. The highest BCUT2D eigenvalue weighted by Crippen LogP contribution is 2.30. The number of hydrogen-bond acceptors (Lipinski definition) is 4. The van der Waals surface area contributed by atoms with Crippen molar-refractivity contribution in [3.05, 3.63) is 47.5 Å². The summed E-state index contributed by atoms with van der Waals surface area (Å²) in [7, 11) is 1.58. The molecule has 0 atom stereocenters. The first-order chi connectivity index (χ1) is 9.52. The molecule has 20 heavy (non-hydrogen) atoms. The van der Waals surface area contributed by atoms with E-state index in [1.807, 2.05) is 24.3 Å². The van der Waals surface area contributed by atoms with Crippen molar-refractivity contribution < 1.29 is 14.6 Å². The minimum Gasteiger partial charge on any atom is -0.495 e. The fourth-order valence-electron chi connectivity index (χ4n) is 1.95. The van der Waals surface area contributed by atoms with E-state index in [0.717, 1.165) is 5.69 Å². The van der Waals surface area contributed by atoms with Gasteiger partial charge in [-0.2, -0.15) is 0 Å². The molecule has 0 aromatic heterocycles. The molecule has 0 aliphatic rings. The van der Waals surface area contributed by atoms with E-state index in [1.54, 1.807) is 20.1 Å². The Hall–Kier alpha value is -2.69. The standard InChI is InChI=1S/C15H16N2O3/c1-9-7-10(8-11(14(9)16)15(18)19)17-12-5-3-4-6-13(12)20-2/h3-8,17H,16H2,1-2H3,(H,18,19). The number of aromatic carboxylic acids is 1. The first-order valence-corrected chi connectivity index (χ1v) is 6.06. The summed E-state index contributed by atoms with van der Waals surface area (Å²) >= 11 is 0. The lowest BCUT2D eigenvalue weighted by molar-refractivity contribution is 0.0698. The summed E-state index contributed by atoms with van der Waals surface area (Å²) in [4.78, 5) is 11.2. The Morgan fingerprint density at radius 2 is 2.00 bits per heavy atom. The van der Waals surface area contributed by atoms with Crippen LogP contribution < -0.4 is 15.8 Å². The van der Waals surface area contributed by atoms with Gasteiger partial charge in [-0.3, -0.25) is 0 Å². The summed E-state index contributed by atoms with van der Waals surface area (Å²) in [6.45, 7) is 1.77. The second kappa shape index (κ2) is 5.52. The van der Waals surface area contributed by atoms with E-state index >= 15 is 0 Å². The average Bonchev–Trinajstić information content (AvgIpc) is 2.43. The van der Waals surface area contributed by atoms with Gasteiger partial charge in [0, 0.05) is 11.4 Å². The van der Waals surface area contributed by atoms with Crippen molar-refractivity contribution in [1.29, 1.82) is 0 Å². The molecule has 0 spiro atoms. The number of hydrogen-bond donors (Lipinski definition) is 3. The Balaban J connectivity index is 2.41. The Morgan fingerprint density at radius 3 is 2.65 bits per heavy atom. The second-order valence-electron chi connectivity index (χ2n) is 4.38. The van der Waals surface area contributed by atoms with Crippen LogP contribution in [0.2, 0.25) is 0 Å². The van der Waals surface area contributed by atoms with Crippen LogP contribution in [-0.4, -0.2) is 18.2 Å². The number of nitrogens with two attached hydrogens (primary N) is 1. The zero-order chi connectivity index (χ0) is 14.7. The van der Waals surface area contributed by atoms with E-state index in [1.165, 1.54) is 6.07 Å². The number of methoxy groups -OCH3 is 1. The number of para-hydroxylation sites is 2. The maximum atomic E-state index is 11.2. The van der Waals surface area contributed by atoms with Crippen molar-refractivity contribution in [3.8, 4) is 5.75 Å². The van der Waals surface area contributed by atoms with Gasteiger partial charge in [-0.15, -0.1) is 0 Å². The monoisotopic (exact) mass is 272 g/mol. The van der Waals surface area contributed by atoms with Gasteiger partial charge in [-0.1, -0.05) is 12.1 Å². The van der Waals surface area contributed by atoms with Crippen LogP contribution in [0.1, 0.15) is 15.9 Å². The molecular formula is C15H16N2O3. The minimum atomic E-state index is -1.05. The molecule has 2 aromatic carbocycles. The van der Waals surface area contributed by atoms with Gasteiger partial charge < -0.3 is 20.9 Å². The van der Waals surface area contributed by atoms with Crippen molar-refractivity contribution >= 4 is 23.0 Å². The van der Waals surface area contributed by atoms with E-state index in [9.17, 15) is 4.79 Å². The summed E-state index contributed by atoms with van der Waals surface area (Å²) in [6.07, 6.45) is 0. The van der Waals surface area contributed by atoms with Crippen LogP contribution in [0.4, 0.5) is 17.1 Å². The van der Waals surface area contributed by atoms with E-state index < -0.39 is 5.97 Å². The predicted molar refractivity (Wildman–Crippen MR) is 78.8 cm³/mol. The molecule has 0 aliphatic heterocycles. The lowest BCUT2D eigenvalue weighted by Gasteiger charge is -2.13. The van der Waals surface area contributed by atoms with E-state index in [0.29, 0.717) is 17.0 Å². The molecule has 2 aromatic rings. The van der Waals surface area contributed by atoms with Crippen LogP contribution in [0.3, 0.4) is 0 Å². The molecule has 0 radical (unpaired) electrons. The van der Waals surface area contributed by atoms with Crippen LogP contribution in [0.15, 0.2) is 36.4 Å². The number of rotatable bonds is 4. The number of ether oxygens (including phenoxy) is 1. The second-order valence-corrected chi connectivity index (χ2v) is 4.38. The van der Waals surface area contributed by atoms with E-state index in [-0.39, 0.29) is 11.3 Å². The highest BCUT2D eigenvalue weighted by Gasteiger charge is 2.12. The first-order valence-electron chi connectivity index (χ1n) is 6.06. The molecule has 0 saturated heterocycles. The highest BCUT2D eigenvalue weighted by atomic mass is 16.5. The third-order valence-electron chi connectivity index (χ3n) is 3.00. The lowest BCUT2D eigenvalue weighted by atomic mass is 10.1. The number of nitrogen functional groups attached to an aromatic ring is 1. The number of carboxylic acid groups (broad SMARTS) is 1. The molecule has 0 aliphatic carbocycles. The molecule has 0 saturated carbocycles. The number of carboxylic acids is 1. The van der Waals surface area contributed by atoms with Gasteiger partial charge in [0.1, 0.15) is 5.75 Å². The van der Waals surface area contributed by atoms with Crippen LogP contribution in [0.5, 0.6) is 5.75 Å². The van der Waals surface area contributed by atoms with Gasteiger partial charge in [-0.05, 0) is 36.8 Å². The van der Waals surface area contributed by atoms with Gasteiger partial charge in [0.05, 0.1) is 18.4 Å². The molecule has 2 rings (SSSR count). The minimum absolute atomic E-state index is 0.0856. The Morgan fingerprint density at radius 1 is 1.30 bits per heavy atom. The number of anilines is 3. The quantitative estimate of drug-likeness (QED) is 0.745. The van der Waals surface area contributed by atoms with Gasteiger partial charge >= 0.3 is 5.97 Å². The van der Waals surface area contributed by atoms with Crippen molar-refractivity contribution in [2.24, 2.45) is 0 Å². The molecule has 0 fully saturated rings. The molecule has 5 nitrogen and oxygen atoms in total. The predicted octanol–water partition coefficient (Wildman–Crippen LogP) is 3.03. The topological polar surface area (TPSA) is 84.6 Å². The molecule has 0 bridgehead atoms. The van der Waals surface area contributed by atoms with Crippen molar-refractivity contribution in [2.45, 2.75) is 6.92 Å². The lowest BCUT2D eigenvalue weighted by Crippen LogP contribution is -2.05. The first kappa shape index (κ1) is 13.7. The molecule has 0 amide bonds. The van der Waals surface area contributed by atoms with Gasteiger partial charge in [0.25, 0.3) is 0 Å². The Bertz CT molecular complexity index is 654. The van der Waals surface area contributed by atoms with Crippen molar-refractivity contribution in [2.75, 3.05) is 18.2 Å². The van der Waals surface area contributed by atoms with Crippen LogP contribution in [-0.2, 0) is 0 Å². The summed E-state index contributed by atoms with van der Waals surface area (Å²) in [5, 5.41) is 12.3. The van der Waals surface area contributed by atoms with Crippen LogP contribution >= 0.6 is 0 Å². The van der Waals surface area contributed by atoms with Crippen molar-refractivity contribution in [3.63, 3.8) is 0 Å².